The predicted molar refractivity (Wildman–Crippen MR) is 74.0 cm³/mol. The topological polar surface area (TPSA) is 66.4 Å². The van der Waals surface area contributed by atoms with Crippen LogP contribution in [0, 0.1) is 5.92 Å². The minimum Gasteiger partial charge on any atom is -0.481 e. The van der Waals surface area contributed by atoms with Crippen LogP contribution in [0.1, 0.15) is 38.3 Å². The second kappa shape index (κ2) is 7.14. The zero-order chi connectivity index (χ0) is 14.4. The third kappa shape index (κ3) is 5.75. The quantitative estimate of drug-likeness (QED) is 0.843. The molecule has 0 saturated carbocycles. The molecular formula is C14H18ClNO3. The van der Waals surface area contributed by atoms with E-state index in [0.717, 1.165) is 5.56 Å². The molecule has 2 N–H and O–H groups in total. The van der Waals surface area contributed by atoms with E-state index in [-0.39, 0.29) is 30.7 Å². The fourth-order valence-corrected chi connectivity index (χ4v) is 2.05. The molecular weight excluding hydrogens is 266 g/mol. The first-order valence-electron chi connectivity index (χ1n) is 6.15. The molecule has 19 heavy (non-hydrogen) atoms. The minimum atomic E-state index is -0.886. The Hall–Kier alpha value is -1.55. The number of carboxylic acid groups (broad SMARTS) is 1. The maximum atomic E-state index is 11.8. The maximum Gasteiger partial charge on any atom is 0.303 e. The molecule has 4 nitrogen and oxygen atoms in total. The first-order chi connectivity index (χ1) is 8.88. The van der Waals surface area contributed by atoms with Crippen LogP contribution in [0.25, 0.3) is 0 Å². The highest BCUT2D eigenvalue weighted by atomic mass is 35.5. The Morgan fingerprint density at radius 3 is 2.58 bits per heavy atom. The first kappa shape index (κ1) is 15.5. The molecule has 2 atom stereocenters. The van der Waals surface area contributed by atoms with Gasteiger partial charge in [0, 0.05) is 17.9 Å². The van der Waals surface area contributed by atoms with Crippen molar-refractivity contribution in [2.24, 2.45) is 5.92 Å². The van der Waals surface area contributed by atoms with Gasteiger partial charge >= 0.3 is 5.97 Å². The Morgan fingerprint density at radius 2 is 2.00 bits per heavy atom. The van der Waals surface area contributed by atoms with Gasteiger partial charge in [-0.25, -0.2) is 0 Å². The van der Waals surface area contributed by atoms with Crippen molar-refractivity contribution >= 4 is 23.5 Å². The Labute approximate surface area is 117 Å². The molecule has 0 aliphatic carbocycles. The summed E-state index contributed by atoms with van der Waals surface area (Å²) in [4.78, 5) is 22.3. The van der Waals surface area contributed by atoms with E-state index in [1.165, 1.54) is 0 Å². The largest absolute Gasteiger partial charge is 0.481 e. The van der Waals surface area contributed by atoms with E-state index >= 15 is 0 Å². The van der Waals surface area contributed by atoms with Gasteiger partial charge in [0.1, 0.15) is 0 Å². The summed E-state index contributed by atoms with van der Waals surface area (Å²) in [5.41, 5.74) is 0.923. The zero-order valence-corrected chi connectivity index (χ0v) is 11.8. The summed E-state index contributed by atoms with van der Waals surface area (Å²) in [6.07, 6.45) is 0.205. The molecule has 1 rings (SSSR count). The van der Waals surface area contributed by atoms with E-state index in [4.69, 9.17) is 16.7 Å². The molecule has 1 aromatic carbocycles. The molecule has 0 fully saturated rings. The number of rotatable bonds is 6. The molecule has 0 heterocycles. The summed E-state index contributed by atoms with van der Waals surface area (Å²) >= 11 is 5.89. The van der Waals surface area contributed by atoms with Crippen molar-refractivity contribution in [3.05, 3.63) is 34.9 Å². The molecule has 0 radical (unpaired) electrons. The van der Waals surface area contributed by atoms with Gasteiger partial charge in [-0.1, -0.05) is 30.7 Å². The number of carboxylic acids is 1. The van der Waals surface area contributed by atoms with Crippen molar-refractivity contribution in [2.75, 3.05) is 0 Å². The van der Waals surface area contributed by atoms with Crippen LogP contribution in [0.15, 0.2) is 24.3 Å². The van der Waals surface area contributed by atoms with Gasteiger partial charge in [0.15, 0.2) is 0 Å². The van der Waals surface area contributed by atoms with Crippen molar-refractivity contribution in [3.63, 3.8) is 0 Å². The van der Waals surface area contributed by atoms with E-state index in [1.54, 1.807) is 19.1 Å². The van der Waals surface area contributed by atoms with Crippen LogP contribution in [0.2, 0.25) is 5.02 Å². The normalized spacial score (nSPS) is 13.6. The van der Waals surface area contributed by atoms with E-state index in [1.807, 2.05) is 19.1 Å². The van der Waals surface area contributed by atoms with Gasteiger partial charge in [-0.3, -0.25) is 9.59 Å². The van der Waals surface area contributed by atoms with Crippen LogP contribution >= 0.6 is 11.6 Å². The Bertz CT molecular complexity index is 462. The van der Waals surface area contributed by atoms with Gasteiger partial charge in [0.05, 0.1) is 6.04 Å². The van der Waals surface area contributed by atoms with Crippen molar-refractivity contribution < 1.29 is 14.7 Å². The van der Waals surface area contributed by atoms with Crippen LogP contribution in [0.4, 0.5) is 0 Å². The third-order valence-corrected chi connectivity index (χ3v) is 3.02. The van der Waals surface area contributed by atoms with Crippen LogP contribution < -0.4 is 5.32 Å². The van der Waals surface area contributed by atoms with Crippen LogP contribution in [0.3, 0.4) is 0 Å². The SMILES string of the molecule is CC(CC(=O)O)CC(=O)N[C@H](C)c1cccc(Cl)c1. The lowest BCUT2D eigenvalue weighted by atomic mass is 10.0. The van der Waals surface area contributed by atoms with Crippen molar-refractivity contribution in [2.45, 2.75) is 32.7 Å². The number of hydrogen-bond acceptors (Lipinski definition) is 2. The summed E-state index contributed by atoms with van der Waals surface area (Å²) in [6.45, 7) is 3.61. The number of amides is 1. The van der Waals surface area contributed by atoms with Gasteiger partial charge in [-0.2, -0.15) is 0 Å². The fraction of sp³-hybridized carbons (Fsp3) is 0.429. The van der Waals surface area contributed by atoms with Gasteiger partial charge in [-0.15, -0.1) is 0 Å². The van der Waals surface area contributed by atoms with E-state index < -0.39 is 5.97 Å². The lowest BCUT2D eigenvalue weighted by Gasteiger charge is -2.16. The second-order valence-electron chi connectivity index (χ2n) is 4.75. The van der Waals surface area contributed by atoms with Crippen LogP contribution in [-0.4, -0.2) is 17.0 Å². The molecule has 1 amide bonds. The zero-order valence-electron chi connectivity index (χ0n) is 11.0. The molecule has 0 aromatic heterocycles. The average molecular weight is 284 g/mol. The highest BCUT2D eigenvalue weighted by Crippen LogP contribution is 2.18. The molecule has 104 valence electrons. The highest BCUT2D eigenvalue weighted by molar-refractivity contribution is 6.30. The second-order valence-corrected chi connectivity index (χ2v) is 5.19. The number of carbonyl (C=O) groups is 2. The lowest BCUT2D eigenvalue weighted by Crippen LogP contribution is -2.28. The Morgan fingerprint density at radius 1 is 1.32 bits per heavy atom. The lowest BCUT2D eigenvalue weighted by molar-refractivity contribution is -0.138. The van der Waals surface area contributed by atoms with Gasteiger partial charge in [-0.05, 0) is 30.5 Å². The van der Waals surface area contributed by atoms with E-state index in [0.29, 0.717) is 5.02 Å². The van der Waals surface area contributed by atoms with Crippen molar-refractivity contribution in [1.82, 2.24) is 5.32 Å². The average Bonchev–Trinajstić information content (AvgIpc) is 2.27. The Kier molecular flexibility index (Phi) is 5.83. The fourth-order valence-electron chi connectivity index (χ4n) is 1.85. The molecule has 1 unspecified atom stereocenters. The summed E-state index contributed by atoms with van der Waals surface area (Å²) in [7, 11) is 0. The predicted octanol–water partition coefficient (Wildman–Crippen LogP) is 3.02. The summed E-state index contributed by atoms with van der Waals surface area (Å²) in [5, 5.41) is 12.1. The van der Waals surface area contributed by atoms with Gasteiger partial charge in [0.25, 0.3) is 0 Å². The van der Waals surface area contributed by atoms with Crippen LogP contribution in [0.5, 0.6) is 0 Å². The number of halogens is 1. The number of carbonyl (C=O) groups excluding carboxylic acids is 1. The standard InChI is InChI=1S/C14H18ClNO3/c1-9(7-14(18)19)6-13(17)16-10(2)11-4-3-5-12(15)8-11/h3-5,8-10H,6-7H2,1-2H3,(H,16,17)(H,18,19)/t9?,10-/m1/s1. The maximum absolute atomic E-state index is 11.8. The van der Waals surface area contributed by atoms with Gasteiger partial charge in [0.2, 0.25) is 5.91 Å². The molecule has 0 saturated heterocycles. The van der Waals surface area contributed by atoms with Gasteiger partial charge < -0.3 is 10.4 Å². The molecule has 0 bridgehead atoms. The summed E-state index contributed by atoms with van der Waals surface area (Å²) in [6, 6.07) is 7.13. The number of hydrogen-bond donors (Lipinski definition) is 2. The highest BCUT2D eigenvalue weighted by Gasteiger charge is 2.15. The molecule has 0 aliphatic rings. The summed E-state index contributed by atoms with van der Waals surface area (Å²) in [5.74, 6) is -1.21. The number of benzene rings is 1. The summed E-state index contributed by atoms with van der Waals surface area (Å²) < 4.78 is 0. The van der Waals surface area contributed by atoms with Crippen LogP contribution in [-0.2, 0) is 9.59 Å². The van der Waals surface area contributed by atoms with Crippen molar-refractivity contribution in [3.8, 4) is 0 Å². The molecule has 5 heteroatoms. The molecule has 0 spiro atoms. The molecule has 0 aliphatic heterocycles. The number of aliphatic carboxylic acids is 1. The minimum absolute atomic E-state index is 0.00103. The van der Waals surface area contributed by atoms with E-state index in [2.05, 4.69) is 5.32 Å². The smallest absolute Gasteiger partial charge is 0.303 e. The monoisotopic (exact) mass is 283 g/mol. The number of nitrogens with one attached hydrogen (secondary N) is 1. The Balaban J connectivity index is 2.50. The van der Waals surface area contributed by atoms with E-state index in [9.17, 15) is 9.59 Å². The third-order valence-electron chi connectivity index (χ3n) is 2.78. The first-order valence-corrected chi connectivity index (χ1v) is 6.53. The molecule has 1 aromatic rings. The van der Waals surface area contributed by atoms with Crippen molar-refractivity contribution in [1.29, 1.82) is 0 Å².